The number of nitrogens with zero attached hydrogens (tertiary/aromatic N) is 3. The second-order valence-electron chi connectivity index (χ2n) is 3.99. The van der Waals surface area contributed by atoms with Crippen LogP contribution in [0.15, 0.2) is 12.7 Å². The Morgan fingerprint density at radius 3 is 2.93 bits per heavy atom. The summed E-state index contributed by atoms with van der Waals surface area (Å²) in [6.45, 7) is 3.87. The summed E-state index contributed by atoms with van der Waals surface area (Å²) >= 11 is 0. The number of hydrogen-bond acceptors (Lipinski definition) is 5. The van der Waals surface area contributed by atoms with Crippen LogP contribution >= 0.6 is 0 Å². The van der Waals surface area contributed by atoms with Gasteiger partial charge in [0.05, 0.1) is 11.9 Å². The maximum Gasteiger partial charge on any atom is 0.182 e. The Kier molecular flexibility index (Phi) is 2.28. The minimum Gasteiger partial charge on any atom is -0.389 e. The summed E-state index contributed by atoms with van der Waals surface area (Å²) in [7, 11) is 0. The number of aromatic amines is 1. The number of fused-ring (bicyclic) bond motifs is 1. The molecule has 0 aliphatic heterocycles. The molecule has 2 rings (SSSR count). The van der Waals surface area contributed by atoms with Crippen LogP contribution in [0, 0.1) is 0 Å². The summed E-state index contributed by atoms with van der Waals surface area (Å²) in [5.41, 5.74) is 0.585. The number of anilines is 1. The van der Waals surface area contributed by atoms with Crippen molar-refractivity contribution in [1.29, 1.82) is 0 Å². The average Bonchev–Trinajstić information content (AvgIpc) is 2.61. The lowest BCUT2D eigenvalue weighted by Crippen LogP contribution is -2.29. The molecular weight excluding hydrogens is 194 g/mol. The lowest BCUT2D eigenvalue weighted by molar-refractivity contribution is 0.0944. The second kappa shape index (κ2) is 3.47. The Hall–Kier alpha value is -1.69. The molecule has 0 atom stereocenters. The van der Waals surface area contributed by atoms with E-state index in [1.807, 2.05) is 0 Å². The monoisotopic (exact) mass is 207 g/mol. The van der Waals surface area contributed by atoms with Gasteiger partial charge >= 0.3 is 0 Å². The molecule has 0 aliphatic rings. The second-order valence-corrected chi connectivity index (χ2v) is 3.99. The maximum absolute atomic E-state index is 9.57. The van der Waals surface area contributed by atoms with Crippen LogP contribution in [0.4, 0.5) is 5.82 Å². The van der Waals surface area contributed by atoms with E-state index in [1.54, 1.807) is 20.2 Å². The highest BCUT2D eigenvalue weighted by Gasteiger charge is 2.13. The van der Waals surface area contributed by atoms with Crippen molar-refractivity contribution in [3.05, 3.63) is 12.7 Å². The van der Waals surface area contributed by atoms with Gasteiger partial charge in [-0.05, 0) is 13.8 Å². The highest BCUT2D eigenvalue weighted by Crippen LogP contribution is 2.15. The lowest BCUT2D eigenvalue weighted by Gasteiger charge is -2.17. The van der Waals surface area contributed by atoms with Gasteiger partial charge in [-0.1, -0.05) is 0 Å². The zero-order valence-corrected chi connectivity index (χ0v) is 8.65. The fourth-order valence-electron chi connectivity index (χ4n) is 1.20. The molecule has 0 saturated carbocycles. The first-order valence-corrected chi connectivity index (χ1v) is 4.66. The van der Waals surface area contributed by atoms with Gasteiger partial charge in [0, 0.05) is 6.54 Å². The van der Waals surface area contributed by atoms with Crippen LogP contribution in [-0.2, 0) is 0 Å². The van der Waals surface area contributed by atoms with Gasteiger partial charge in [-0.25, -0.2) is 15.0 Å². The van der Waals surface area contributed by atoms with E-state index < -0.39 is 5.60 Å². The third kappa shape index (κ3) is 2.21. The van der Waals surface area contributed by atoms with Crippen molar-refractivity contribution in [3.63, 3.8) is 0 Å². The Bertz CT molecular complexity index is 459. The molecule has 0 spiro atoms. The molecule has 0 radical (unpaired) electrons. The van der Waals surface area contributed by atoms with Gasteiger partial charge in [0.15, 0.2) is 11.5 Å². The van der Waals surface area contributed by atoms with Gasteiger partial charge in [-0.15, -0.1) is 0 Å². The first-order chi connectivity index (χ1) is 7.06. The van der Waals surface area contributed by atoms with Gasteiger partial charge in [0.25, 0.3) is 0 Å². The number of nitrogens with one attached hydrogen (secondary N) is 2. The van der Waals surface area contributed by atoms with Crippen LogP contribution in [0.3, 0.4) is 0 Å². The molecule has 0 bridgehead atoms. The van der Waals surface area contributed by atoms with Crippen molar-refractivity contribution < 1.29 is 5.11 Å². The quantitative estimate of drug-likeness (QED) is 0.683. The fraction of sp³-hybridized carbons (Fsp3) is 0.444. The highest BCUT2D eigenvalue weighted by atomic mass is 16.3. The number of aliphatic hydroxyl groups is 1. The van der Waals surface area contributed by atoms with Crippen molar-refractivity contribution in [3.8, 4) is 0 Å². The first kappa shape index (κ1) is 9.85. The molecule has 6 nitrogen and oxygen atoms in total. The van der Waals surface area contributed by atoms with Crippen LogP contribution in [-0.4, -0.2) is 37.2 Å². The molecule has 0 aromatic carbocycles. The minimum atomic E-state index is -0.780. The zero-order valence-electron chi connectivity index (χ0n) is 8.65. The van der Waals surface area contributed by atoms with Gasteiger partial charge in [0.2, 0.25) is 0 Å². The number of aromatic nitrogens is 4. The predicted octanol–water partition coefficient (Wildman–Crippen LogP) is 0.536. The third-order valence-corrected chi connectivity index (χ3v) is 1.91. The van der Waals surface area contributed by atoms with E-state index in [9.17, 15) is 5.11 Å². The molecule has 3 N–H and O–H groups in total. The summed E-state index contributed by atoms with van der Waals surface area (Å²) in [5.74, 6) is 0.652. The van der Waals surface area contributed by atoms with E-state index in [2.05, 4.69) is 25.3 Å². The Morgan fingerprint density at radius 1 is 1.40 bits per heavy atom. The SMILES string of the molecule is CC(C)(O)CNc1ncnc2nc[nH]c12. The predicted molar refractivity (Wildman–Crippen MR) is 56.5 cm³/mol. The van der Waals surface area contributed by atoms with E-state index in [-0.39, 0.29) is 0 Å². The number of imidazole rings is 1. The third-order valence-electron chi connectivity index (χ3n) is 1.91. The minimum absolute atomic E-state index is 0.415. The molecule has 6 heteroatoms. The van der Waals surface area contributed by atoms with Crippen LogP contribution < -0.4 is 5.32 Å². The highest BCUT2D eigenvalue weighted by molar-refractivity contribution is 5.81. The Labute approximate surface area is 86.8 Å². The number of H-pyrrole nitrogens is 1. The molecule has 15 heavy (non-hydrogen) atoms. The molecule has 0 amide bonds. The van der Waals surface area contributed by atoms with E-state index >= 15 is 0 Å². The number of hydrogen-bond donors (Lipinski definition) is 3. The molecule has 80 valence electrons. The van der Waals surface area contributed by atoms with Gasteiger partial charge in [-0.2, -0.15) is 0 Å². The average molecular weight is 207 g/mol. The molecule has 0 saturated heterocycles. The van der Waals surface area contributed by atoms with Crippen LogP contribution in [0.25, 0.3) is 11.2 Å². The Morgan fingerprint density at radius 2 is 2.20 bits per heavy atom. The smallest absolute Gasteiger partial charge is 0.182 e. The summed E-state index contributed by atoms with van der Waals surface area (Å²) in [4.78, 5) is 15.0. The van der Waals surface area contributed by atoms with E-state index in [0.717, 1.165) is 5.52 Å². The summed E-state index contributed by atoms with van der Waals surface area (Å²) < 4.78 is 0. The van der Waals surface area contributed by atoms with Crippen LogP contribution in [0.5, 0.6) is 0 Å². The first-order valence-electron chi connectivity index (χ1n) is 4.66. The maximum atomic E-state index is 9.57. The van der Waals surface area contributed by atoms with Crippen molar-refractivity contribution in [1.82, 2.24) is 19.9 Å². The van der Waals surface area contributed by atoms with E-state index in [1.165, 1.54) is 6.33 Å². The molecule has 2 aromatic rings. The van der Waals surface area contributed by atoms with Gasteiger partial charge < -0.3 is 15.4 Å². The van der Waals surface area contributed by atoms with Crippen molar-refractivity contribution in [2.45, 2.75) is 19.4 Å². The zero-order chi connectivity index (χ0) is 10.9. The molecule has 0 aliphatic carbocycles. The van der Waals surface area contributed by atoms with E-state index in [4.69, 9.17) is 0 Å². The van der Waals surface area contributed by atoms with Crippen LogP contribution in [0.1, 0.15) is 13.8 Å². The summed E-state index contributed by atoms with van der Waals surface area (Å²) in [6, 6.07) is 0. The van der Waals surface area contributed by atoms with Crippen molar-refractivity contribution >= 4 is 17.0 Å². The van der Waals surface area contributed by atoms with Gasteiger partial charge in [-0.3, -0.25) is 0 Å². The van der Waals surface area contributed by atoms with E-state index in [0.29, 0.717) is 18.0 Å². The number of rotatable bonds is 3. The summed E-state index contributed by atoms with van der Waals surface area (Å²) in [5, 5.41) is 12.6. The molecule has 2 aromatic heterocycles. The lowest BCUT2D eigenvalue weighted by atomic mass is 10.1. The largest absolute Gasteiger partial charge is 0.389 e. The van der Waals surface area contributed by atoms with Crippen LogP contribution in [0.2, 0.25) is 0 Å². The Balaban J connectivity index is 2.24. The normalized spacial score (nSPS) is 11.9. The molecule has 0 unspecified atom stereocenters. The topological polar surface area (TPSA) is 86.7 Å². The summed E-state index contributed by atoms with van der Waals surface area (Å²) in [6.07, 6.45) is 3.00. The van der Waals surface area contributed by atoms with Crippen molar-refractivity contribution in [2.24, 2.45) is 0 Å². The van der Waals surface area contributed by atoms with Crippen molar-refractivity contribution in [2.75, 3.05) is 11.9 Å². The molecule has 2 heterocycles. The fourth-order valence-corrected chi connectivity index (χ4v) is 1.20. The molecular formula is C9H13N5O. The van der Waals surface area contributed by atoms with Gasteiger partial charge in [0.1, 0.15) is 11.8 Å². The molecule has 0 fully saturated rings. The standard InChI is InChI=1S/C9H13N5O/c1-9(2,15)3-10-7-6-8(12-4-11-6)14-5-13-7/h4-5,15H,3H2,1-2H3,(H2,10,11,12,13,14).